The number of carbonyl (C=O) groups excluding carboxylic acids is 2. The van der Waals surface area contributed by atoms with E-state index in [1.54, 1.807) is 0 Å². The predicted octanol–water partition coefficient (Wildman–Crippen LogP) is 1.92. The SMILES string of the molecule is CCCCCNC(=O)C(=O)NCc1cccc(C)c1. The van der Waals surface area contributed by atoms with Crippen molar-refractivity contribution >= 4 is 11.8 Å². The average Bonchev–Trinajstić information content (AvgIpc) is 2.41. The first kappa shape index (κ1) is 15.2. The highest BCUT2D eigenvalue weighted by atomic mass is 16.2. The van der Waals surface area contributed by atoms with E-state index in [2.05, 4.69) is 17.6 Å². The van der Waals surface area contributed by atoms with Crippen molar-refractivity contribution in [1.29, 1.82) is 0 Å². The summed E-state index contributed by atoms with van der Waals surface area (Å²) in [6.07, 6.45) is 3.06. The predicted molar refractivity (Wildman–Crippen MR) is 75.6 cm³/mol. The van der Waals surface area contributed by atoms with Crippen LogP contribution in [-0.4, -0.2) is 18.4 Å². The first-order valence-corrected chi connectivity index (χ1v) is 6.75. The fourth-order valence-corrected chi connectivity index (χ4v) is 1.74. The van der Waals surface area contributed by atoms with Crippen molar-refractivity contribution in [3.8, 4) is 0 Å². The summed E-state index contributed by atoms with van der Waals surface area (Å²) in [5.41, 5.74) is 2.13. The second-order valence-electron chi connectivity index (χ2n) is 4.63. The van der Waals surface area contributed by atoms with Crippen molar-refractivity contribution in [2.24, 2.45) is 0 Å². The Morgan fingerprint density at radius 1 is 1.11 bits per heavy atom. The quantitative estimate of drug-likeness (QED) is 0.608. The summed E-state index contributed by atoms with van der Waals surface area (Å²) in [5, 5.41) is 5.23. The number of hydrogen-bond acceptors (Lipinski definition) is 2. The van der Waals surface area contributed by atoms with Gasteiger partial charge in [0.1, 0.15) is 0 Å². The lowest BCUT2D eigenvalue weighted by Crippen LogP contribution is -2.39. The van der Waals surface area contributed by atoms with Crippen LogP contribution in [-0.2, 0) is 16.1 Å². The third kappa shape index (κ3) is 6.04. The number of nitrogens with one attached hydrogen (secondary N) is 2. The zero-order chi connectivity index (χ0) is 14.1. The fraction of sp³-hybridized carbons (Fsp3) is 0.467. The molecule has 0 radical (unpaired) electrons. The van der Waals surface area contributed by atoms with Gasteiger partial charge in [0.15, 0.2) is 0 Å². The van der Waals surface area contributed by atoms with E-state index in [1.807, 2.05) is 31.2 Å². The molecule has 1 aromatic carbocycles. The molecule has 1 rings (SSSR count). The summed E-state index contributed by atoms with van der Waals surface area (Å²) in [4.78, 5) is 23.0. The summed E-state index contributed by atoms with van der Waals surface area (Å²) in [6, 6.07) is 7.83. The van der Waals surface area contributed by atoms with Crippen LogP contribution in [0, 0.1) is 6.92 Å². The smallest absolute Gasteiger partial charge is 0.309 e. The minimum atomic E-state index is -0.571. The van der Waals surface area contributed by atoms with Crippen LogP contribution in [0.1, 0.15) is 37.3 Å². The zero-order valence-corrected chi connectivity index (χ0v) is 11.7. The largest absolute Gasteiger partial charge is 0.348 e. The van der Waals surface area contributed by atoms with E-state index < -0.39 is 11.8 Å². The molecule has 0 aliphatic carbocycles. The molecule has 0 atom stereocenters. The van der Waals surface area contributed by atoms with Gasteiger partial charge in [-0.1, -0.05) is 49.6 Å². The Morgan fingerprint density at radius 2 is 1.84 bits per heavy atom. The van der Waals surface area contributed by atoms with Crippen LogP contribution >= 0.6 is 0 Å². The molecule has 19 heavy (non-hydrogen) atoms. The van der Waals surface area contributed by atoms with Crippen molar-refractivity contribution < 1.29 is 9.59 Å². The fourth-order valence-electron chi connectivity index (χ4n) is 1.74. The lowest BCUT2D eigenvalue weighted by molar-refractivity contribution is -0.139. The summed E-state index contributed by atoms with van der Waals surface area (Å²) >= 11 is 0. The highest BCUT2D eigenvalue weighted by Gasteiger charge is 2.11. The molecule has 0 heterocycles. The Kier molecular flexibility index (Phi) is 6.64. The van der Waals surface area contributed by atoms with Gasteiger partial charge in [0.25, 0.3) is 0 Å². The van der Waals surface area contributed by atoms with Crippen LogP contribution < -0.4 is 10.6 Å². The van der Waals surface area contributed by atoms with E-state index in [0.29, 0.717) is 13.1 Å². The molecule has 0 aromatic heterocycles. The van der Waals surface area contributed by atoms with Gasteiger partial charge in [-0.25, -0.2) is 0 Å². The number of unbranched alkanes of at least 4 members (excludes halogenated alkanes) is 2. The normalized spacial score (nSPS) is 10.0. The molecular weight excluding hydrogens is 240 g/mol. The maximum Gasteiger partial charge on any atom is 0.309 e. The molecular formula is C15H22N2O2. The molecule has 2 N–H and O–H groups in total. The Bertz CT molecular complexity index is 430. The van der Waals surface area contributed by atoms with Gasteiger partial charge < -0.3 is 10.6 Å². The third-order valence-corrected chi connectivity index (χ3v) is 2.81. The number of amides is 2. The van der Waals surface area contributed by atoms with E-state index >= 15 is 0 Å². The van der Waals surface area contributed by atoms with Crippen LogP contribution in [0.4, 0.5) is 0 Å². The molecule has 0 unspecified atom stereocenters. The van der Waals surface area contributed by atoms with Crippen molar-refractivity contribution in [1.82, 2.24) is 10.6 Å². The van der Waals surface area contributed by atoms with Gasteiger partial charge >= 0.3 is 11.8 Å². The Hall–Kier alpha value is -1.84. The summed E-state index contributed by atoms with van der Waals surface area (Å²) in [6.45, 7) is 5.02. The topological polar surface area (TPSA) is 58.2 Å². The lowest BCUT2D eigenvalue weighted by atomic mass is 10.1. The summed E-state index contributed by atoms with van der Waals surface area (Å²) in [5.74, 6) is -1.12. The van der Waals surface area contributed by atoms with Crippen LogP contribution in [0.25, 0.3) is 0 Å². The second-order valence-corrected chi connectivity index (χ2v) is 4.63. The van der Waals surface area contributed by atoms with Crippen molar-refractivity contribution in [2.75, 3.05) is 6.54 Å². The second kappa shape index (κ2) is 8.29. The van der Waals surface area contributed by atoms with E-state index in [1.165, 1.54) is 0 Å². The third-order valence-electron chi connectivity index (χ3n) is 2.81. The maximum absolute atomic E-state index is 11.5. The van der Waals surface area contributed by atoms with E-state index in [-0.39, 0.29) is 0 Å². The van der Waals surface area contributed by atoms with Gasteiger partial charge in [0, 0.05) is 13.1 Å². The standard InChI is InChI=1S/C15H22N2O2/c1-3-4-5-9-16-14(18)15(19)17-11-13-8-6-7-12(2)10-13/h6-8,10H,3-5,9,11H2,1-2H3,(H,16,18)(H,17,19). The molecule has 1 aromatic rings. The Labute approximate surface area is 114 Å². The first-order chi connectivity index (χ1) is 9.13. The average molecular weight is 262 g/mol. The summed E-state index contributed by atoms with van der Waals surface area (Å²) in [7, 11) is 0. The molecule has 104 valence electrons. The Balaban J connectivity index is 2.28. The number of hydrogen-bond donors (Lipinski definition) is 2. The molecule has 0 bridgehead atoms. The highest BCUT2D eigenvalue weighted by molar-refractivity contribution is 6.35. The zero-order valence-electron chi connectivity index (χ0n) is 11.7. The van der Waals surface area contributed by atoms with Gasteiger partial charge in [-0.05, 0) is 18.9 Å². The lowest BCUT2D eigenvalue weighted by Gasteiger charge is -2.07. The van der Waals surface area contributed by atoms with Gasteiger partial charge in [-0.2, -0.15) is 0 Å². The van der Waals surface area contributed by atoms with Gasteiger partial charge in [-0.15, -0.1) is 0 Å². The maximum atomic E-state index is 11.5. The molecule has 0 saturated carbocycles. The van der Waals surface area contributed by atoms with Crippen molar-refractivity contribution in [3.05, 3.63) is 35.4 Å². The molecule has 0 fully saturated rings. The van der Waals surface area contributed by atoms with Crippen molar-refractivity contribution in [3.63, 3.8) is 0 Å². The monoisotopic (exact) mass is 262 g/mol. The Morgan fingerprint density at radius 3 is 2.53 bits per heavy atom. The molecule has 4 nitrogen and oxygen atoms in total. The number of benzene rings is 1. The van der Waals surface area contributed by atoms with E-state index in [4.69, 9.17) is 0 Å². The minimum Gasteiger partial charge on any atom is -0.348 e. The molecule has 0 spiro atoms. The molecule has 2 amide bonds. The van der Waals surface area contributed by atoms with Gasteiger partial charge in [0.2, 0.25) is 0 Å². The number of rotatable bonds is 6. The number of carbonyl (C=O) groups is 2. The molecule has 0 saturated heterocycles. The molecule has 0 aliphatic heterocycles. The minimum absolute atomic E-state index is 0.378. The first-order valence-electron chi connectivity index (χ1n) is 6.75. The van der Waals surface area contributed by atoms with Crippen LogP contribution in [0.15, 0.2) is 24.3 Å². The van der Waals surface area contributed by atoms with E-state index in [0.717, 1.165) is 30.4 Å². The molecule has 4 heteroatoms. The highest BCUT2D eigenvalue weighted by Crippen LogP contribution is 2.02. The van der Waals surface area contributed by atoms with Crippen molar-refractivity contribution in [2.45, 2.75) is 39.7 Å². The van der Waals surface area contributed by atoms with Gasteiger partial charge in [-0.3, -0.25) is 9.59 Å². The summed E-state index contributed by atoms with van der Waals surface area (Å²) < 4.78 is 0. The van der Waals surface area contributed by atoms with Gasteiger partial charge in [0.05, 0.1) is 0 Å². The van der Waals surface area contributed by atoms with Crippen LogP contribution in [0.3, 0.4) is 0 Å². The van der Waals surface area contributed by atoms with Crippen LogP contribution in [0.2, 0.25) is 0 Å². The molecule has 0 aliphatic rings. The number of aryl methyl sites for hydroxylation is 1. The van der Waals surface area contributed by atoms with E-state index in [9.17, 15) is 9.59 Å². The van der Waals surface area contributed by atoms with Crippen LogP contribution in [0.5, 0.6) is 0 Å².